The van der Waals surface area contributed by atoms with Gasteiger partial charge in [0.15, 0.2) is 0 Å². The summed E-state index contributed by atoms with van der Waals surface area (Å²) in [6.07, 6.45) is 0.699. The third kappa shape index (κ3) is 1.75. The van der Waals surface area contributed by atoms with Crippen LogP contribution in [0.2, 0.25) is 0 Å². The largest absolute Gasteiger partial charge is 0.334 e. The predicted octanol–water partition coefficient (Wildman–Crippen LogP) is 0.388. The SMILES string of the molecule is N#Cc1cccc(C(=O)N2CC(N3C(=O)C4CC4C3=O)C2)c1. The Kier molecular flexibility index (Phi) is 2.61. The van der Waals surface area contributed by atoms with Crippen LogP contribution in [0.4, 0.5) is 0 Å². The molecule has 0 radical (unpaired) electrons. The fourth-order valence-corrected chi connectivity index (χ4v) is 3.26. The van der Waals surface area contributed by atoms with Crippen LogP contribution in [0.25, 0.3) is 0 Å². The Labute approximate surface area is 126 Å². The van der Waals surface area contributed by atoms with Gasteiger partial charge in [-0.15, -0.1) is 0 Å². The number of carbonyl (C=O) groups is 3. The van der Waals surface area contributed by atoms with Gasteiger partial charge in [0.1, 0.15) is 0 Å². The third-order valence-electron chi connectivity index (χ3n) is 4.65. The molecule has 1 saturated carbocycles. The maximum Gasteiger partial charge on any atom is 0.254 e. The highest BCUT2D eigenvalue weighted by atomic mass is 16.2. The molecule has 2 aliphatic heterocycles. The molecule has 2 unspecified atom stereocenters. The number of carbonyl (C=O) groups excluding carboxylic acids is 3. The van der Waals surface area contributed by atoms with Crippen molar-refractivity contribution in [3.8, 4) is 6.07 Å². The maximum absolute atomic E-state index is 12.3. The first-order chi connectivity index (χ1) is 10.6. The van der Waals surface area contributed by atoms with Crippen molar-refractivity contribution in [1.82, 2.24) is 9.80 Å². The number of imide groups is 1. The quantitative estimate of drug-likeness (QED) is 0.739. The molecule has 1 aromatic carbocycles. The average molecular weight is 295 g/mol. The van der Waals surface area contributed by atoms with E-state index in [1.165, 1.54) is 4.90 Å². The van der Waals surface area contributed by atoms with Crippen LogP contribution in [0.3, 0.4) is 0 Å². The first-order valence-electron chi connectivity index (χ1n) is 7.26. The number of nitriles is 1. The van der Waals surface area contributed by atoms with Crippen molar-refractivity contribution in [2.24, 2.45) is 11.8 Å². The summed E-state index contributed by atoms with van der Waals surface area (Å²) in [5.41, 5.74) is 0.896. The van der Waals surface area contributed by atoms with Gasteiger partial charge in [-0.1, -0.05) is 6.07 Å². The molecule has 3 amide bonds. The van der Waals surface area contributed by atoms with Gasteiger partial charge in [-0.2, -0.15) is 5.26 Å². The van der Waals surface area contributed by atoms with E-state index in [1.54, 1.807) is 29.2 Å². The number of nitrogens with zero attached hydrogens (tertiary/aromatic N) is 3. The van der Waals surface area contributed by atoms with Crippen LogP contribution >= 0.6 is 0 Å². The molecule has 2 atom stereocenters. The lowest BCUT2D eigenvalue weighted by Crippen LogP contribution is -2.62. The highest BCUT2D eigenvalue weighted by molar-refractivity contribution is 6.09. The summed E-state index contributed by atoms with van der Waals surface area (Å²) >= 11 is 0. The Bertz CT molecular complexity index is 725. The second-order valence-corrected chi connectivity index (χ2v) is 6.05. The summed E-state index contributed by atoms with van der Waals surface area (Å²) in [4.78, 5) is 39.3. The molecule has 4 rings (SSSR count). The highest BCUT2D eigenvalue weighted by Crippen LogP contribution is 2.48. The molecule has 22 heavy (non-hydrogen) atoms. The summed E-state index contributed by atoms with van der Waals surface area (Å²) in [5, 5.41) is 8.87. The predicted molar refractivity (Wildman–Crippen MR) is 74.3 cm³/mol. The lowest BCUT2D eigenvalue weighted by atomic mass is 10.0. The average Bonchev–Trinajstić information content (AvgIpc) is 3.24. The first-order valence-corrected chi connectivity index (χ1v) is 7.26. The zero-order chi connectivity index (χ0) is 15.4. The summed E-state index contributed by atoms with van der Waals surface area (Å²) in [6, 6.07) is 8.35. The maximum atomic E-state index is 12.3. The van der Waals surface area contributed by atoms with Crippen molar-refractivity contribution in [3.05, 3.63) is 35.4 Å². The van der Waals surface area contributed by atoms with Crippen LogP contribution in [0.1, 0.15) is 22.3 Å². The molecule has 6 nitrogen and oxygen atoms in total. The number of piperidine rings is 1. The lowest BCUT2D eigenvalue weighted by Gasteiger charge is -2.43. The Morgan fingerprint density at radius 3 is 2.50 bits per heavy atom. The lowest BCUT2D eigenvalue weighted by molar-refractivity contribution is -0.147. The van der Waals surface area contributed by atoms with Gasteiger partial charge in [0, 0.05) is 18.7 Å². The molecular weight excluding hydrogens is 282 g/mol. The molecule has 1 aromatic rings. The van der Waals surface area contributed by atoms with E-state index in [9.17, 15) is 14.4 Å². The zero-order valence-electron chi connectivity index (χ0n) is 11.7. The summed E-state index contributed by atoms with van der Waals surface area (Å²) < 4.78 is 0. The van der Waals surface area contributed by atoms with Crippen LogP contribution in [0, 0.1) is 23.2 Å². The van der Waals surface area contributed by atoms with E-state index in [0.717, 1.165) is 0 Å². The Morgan fingerprint density at radius 1 is 1.18 bits per heavy atom. The molecule has 0 N–H and O–H groups in total. The number of likely N-dealkylation sites (tertiary alicyclic amines) is 2. The van der Waals surface area contributed by atoms with Crippen molar-refractivity contribution in [2.45, 2.75) is 12.5 Å². The molecule has 2 heterocycles. The Balaban J connectivity index is 1.43. The number of amides is 3. The van der Waals surface area contributed by atoms with E-state index >= 15 is 0 Å². The van der Waals surface area contributed by atoms with Gasteiger partial charge in [0.25, 0.3) is 5.91 Å². The topological polar surface area (TPSA) is 81.5 Å². The zero-order valence-corrected chi connectivity index (χ0v) is 11.7. The van der Waals surface area contributed by atoms with E-state index < -0.39 is 0 Å². The minimum atomic E-state index is -0.184. The molecule has 1 aliphatic carbocycles. The monoisotopic (exact) mass is 295 g/mol. The number of benzene rings is 1. The normalized spacial score (nSPS) is 26.5. The first kappa shape index (κ1) is 13.0. The number of rotatable bonds is 2. The fourth-order valence-electron chi connectivity index (χ4n) is 3.26. The van der Waals surface area contributed by atoms with E-state index in [1.807, 2.05) is 6.07 Å². The fraction of sp³-hybridized carbons (Fsp3) is 0.375. The molecule has 0 aromatic heterocycles. The molecular formula is C16H13N3O3. The van der Waals surface area contributed by atoms with Gasteiger partial charge >= 0.3 is 0 Å². The van der Waals surface area contributed by atoms with E-state index in [2.05, 4.69) is 0 Å². The van der Waals surface area contributed by atoms with Crippen LogP contribution in [0.15, 0.2) is 24.3 Å². The van der Waals surface area contributed by atoms with Crippen molar-refractivity contribution in [2.75, 3.05) is 13.1 Å². The van der Waals surface area contributed by atoms with Crippen LogP contribution in [-0.4, -0.2) is 46.7 Å². The summed E-state index contributed by atoms with van der Waals surface area (Å²) in [6.45, 7) is 0.763. The van der Waals surface area contributed by atoms with Gasteiger partial charge in [0.05, 0.1) is 29.5 Å². The van der Waals surface area contributed by atoms with Gasteiger partial charge in [-0.25, -0.2) is 0 Å². The van der Waals surface area contributed by atoms with Crippen LogP contribution in [0.5, 0.6) is 0 Å². The molecule has 3 aliphatic rings. The molecule has 2 saturated heterocycles. The minimum Gasteiger partial charge on any atom is -0.334 e. The molecule has 110 valence electrons. The van der Waals surface area contributed by atoms with Crippen molar-refractivity contribution in [3.63, 3.8) is 0 Å². The van der Waals surface area contributed by atoms with E-state index in [-0.39, 0.29) is 35.6 Å². The smallest absolute Gasteiger partial charge is 0.254 e. The minimum absolute atomic E-state index is 0.0708. The van der Waals surface area contributed by atoms with E-state index in [4.69, 9.17) is 5.26 Å². The third-order valence-corrected chi connectivity index (χ3v) is 4.65. The second-order valence-electron chi connectivity index (χ2n) is 6.05. The molecule has 0 bridgehead atoms. The number of hydrogen-bond donors (Lipinski definition) is 0. The van der Waals surface area contributed by atoms with E-state index in [0.29, 0.717) is 30.6 Å². The number of hydrogen-bond acceptors (Lipinski definition) is 4. The standard InChI is InChI=1S/C16H13N3O3/c17-6-9-2-1-3-10(4-9)14(20)18-7-11(8-18)19-15(21)12-5-13(12)16(19)22/h1-4,11-13H,5,7-8H2. The Hall–Kier alpha value is -2.68. The molecule has 6 heteroatoms. The van der Waals surface area contributed by atoms with Crippen LogP contribution < -0.4 is 0 Å². The van der Waals surface area contributed by atoms with Crippen LogP contribution in [-0.2, 0) is 9.59 Å². The molecule has 0 spiro atoms. The summed E-state index contributed by atoms with van der Waals surface area (Å²) in [5.74, 6) is -0.496. The van der Waals surface area contributed by atoms with Gasteiger partial charge in [-0.3, -0.25) is 19.3 Å². The van der Waals surface area contributed by atoms with Crippen molar-refractivity contribution >= 4 is 17.7 Å². The van der Waals surface area contributed by atoms with Crippen molar-refractivity contribution < 1.29 is 14.4 Å². The summed E-state index contributed by atoms with van der Waals surface area (Å²) in [7, 11) is 0. The van der Waals surface area contributed by atoms with Gasteiger partial charge in [0.2, 0.25) is 11.8 Å². The van der Waals surface area contributed by atoms with Gasteiger partial charge < -0.3 is 4.90 Å². The van der Waals surface area contributed by atoms with Crippen molar-refractivity contribution in [1.29, 1.82) is 5.26 Å². The highest BCUT2D eigenvalue weighted by Gasteiger charge is 2.61. The second kappa shape index (κ2) is 4.41. The number of fused-ring (bicyclic) bond motifs is 1. The molecule has 3 fully saturated rings. The van der Waals surface area contributed by atoms with Gasteiger partial charge in [-0.05, 0) is 24.6 Å². The Morgan fingerprint density at radius 2 is 1.86 bits per heavy atom.